The molecule has 1 aliphatic heterocycles. The molecule has 2 aliphatic carbocycles. The van der Waals surface area contributed by atoms with Crippen LogP contribution in [0.3, 0.4) is 0 Å². The number of hydrogen-bond donors (Lipinski definition) is 2. The average molecular weight is 479 g/mol. The Bertz CT molecular complexity index is 1000. The van der Waals surface area contributed by atoms with Gasteiger partial charge in [0.05, 0.1) is 0 Å². The fourth-order valence-corrected chi connectivity index (χ4v) is 5.99. The van der Waals surface area contributed by atoms with Gasteiger partial charge in [-0.05, 0) is 77.0 Å². The Labute approximate surface area is 195 Å². The maximum absolute atomic E-state index is 13.0. The maximum atomic E-state index is 13.0. The summed E-state index contributed by atoms with van der Waals surface area (Å²) in [4.78, 5) is 31.6. The van der Waals surface area contributed by atoms with Crippen molar-refractivity contribution < 1.29 is 33.1 Å². The number of carbonyl (C=O) groups is 1. The number of esters is 1. The molecule has 4 rings (SSSR count). The Morgan fingerprint density at radius 2 is 1.97 bits per heavy atom. The highest BCUT2D eigenvalue weighted by Crippen LogP contribution is 2.56. The molecule has 0 radical (unpaired) electrons. The van der Waals surface area contributed by atoms with Gasteiger partial charge in [-0.1, -0.05) is 31.4 Å². The second-order valence-corrected chi connectivity index (χ2v) is 11.5. The van der Waals surface area contributed by atoms with Gasteiger partial charge in [-0.15, -0.1) is 0 Å². The molecule has 1 fully saturated rings. The van der Waals surface area contributed by atoms with Crippen LogP contribution in [0, 0.1) is 5.92 Å². The molecule has 0 saturated heterocycles. The lowest BCUT2D eigenvalue weighted by Crippen LogP contribution is -2.45. The fraction of sp³-hybridized carbons (Fsp3) is 0.640. The molecular weight excluding hydrogens is 443 g/mol. The molecule has 33 heavy (non-hydrogen) atoms. The second kappa shape index (κ2) is 8.84. The maximum Gasteiger partial charge on any atom is 0.470 e. The quantitative estimate of drug-likeness (QED) is 0.165. The van der Waals surface area contributed by atoms with Crippen molar-refractivity contribution in [2.45, 2.75) is 96.2 Å². The number of benzene rings is 1. The highest BCUT2D eigenvalue weighted by atomic mass is 31.2. The van der Waals surface area contributed by atoms with Crippen LogP contribution >= 0.6 is 7.82 Å². The molecule has 3 aliphatic rings. The van der Waals surface area contributed by atoms with Crippen LogP contribution in [0.15, 0.2) is 23.8 Å². The van der Waals surface area contributed by atoms with E-state index >= 15 is 0 Å². The van der Waals surface area contributed by atoms with Crippen molar-refractivity contribution >= 4 is 13.8 Å². The fourth-order valence-electron chi connectivity index (χ4n) is 5.28. The van der Waals surface area contributed by atoms with Gasteiger partial charge in [0.2, 0.25) is 0 Å². The van der Waals surface area contributed by atoms with Gasteiger partial charge in [0.1, 0.15) is 17.1 Å². The van der Waals surface area contributed by atoms with Gasteiger partial charge in [-0.25, -0.2) is 9.36 Å². The first-order chi connectivity index (χ1) is 15.4. The van der Waals surface area contributed by atoms with Gasteiger partial charge in [0.15, 0.2) is 5.60 Å². The summed E-state index contributed by atoms with van der Waals surface area (Å²) in [5.74, 6) is 0.805. The zero-order valence-corrected chi connectivity index (χ0v) is 20.8. The smallest absolute Gasteiger partial charge is 0.470 e. The van der Waals surface area contributed by atoms with Crippen molar-refractivity contribution in [3.05, 3.63) is 34.9 Å². The number of phosphoric ester groups is 1. The summed E-state index contributed by atoms with van der Waals surface area (Å²) in [7, 11) is -4.82. The molecule has 0 spiro atoms. The number of carbonyl (C=O) groups excluding carboxylic acids is 1. The van der Waals surface area contributed by atoms with Crippen LogP contribution in [0.2, 0.25) is 0 Å². The monoisotopic (exact) mass is 478 g/mol. The minimum atomic E-state index is -4.82. The van der Waals surface area contributed by atoms with Crippen LogP contribution in [0.25, 0.3) is 0 Å². The van der Waals surface area contributed by atoms with Crippen LogP contribution < -0.4 is 9.47 Å². The first kappa shape index (κ1) is 24.5. The van der Waals surface area contributed by atoms with Crippen LogP contribution in [0.4, 0.5) is 0 Å². The highest BCUT2D eigenvalue weighted by molar-refractivity contribution is 7.46. The third-order valence-electron chi connectivity index (χ3n) is 7.19. The molecule has 1 aromatic rings. The lowest BCUT2D eigenvalue weighted by Gasteiger charge is -2.47. The van der Waals surface area contributed by atoms with Crippen molar-refractivity contribution in [2.24, 2.45) is 5.92 Å². The van der Waals surface area contributed by atoms with Crippen LogP contribution in [-0.4, -0.2) is 27.0 Å². The second-order valence-electron chi connectivity index (χ2n) is 10.3. The van der Waals surface area contributed by atoms with E-state index in [2.05, 4.69) is 39.8 Å². The third-order valence-corrected chi connectivity index (χ3v) is 7.78. The Balaban J connectivity index is 1.72. The standard InChI is InChI=1S/C25H35O7P/c1-5-6-7-8-17-14-20(30-23(26)25(11-12-25)32-33(27,28)29)22-18-13-16(2)9-10-19(18)24(3,4)31-21(22)15-17/h9,14-15,18-19H,5-8,10-13H2,1-4H3,(H2,27,28,29)/t18-,19-/m1/s1. The Morgan fingerprint density at radius 1 is 1.24 bits per heavy atom. The Kier molecular flexibility index (Phi) is 6.56. The molecular formula is C25H35O7P. The summed E-state index contributed by atoms with van der Waals surface area (Å²) in [6.07, 6.45) is 8.53. The van der Waals surface area contributed by atoms with Crippen LogP contribution in [-0.2, 0) is 20.3 Å². The summed E-state index contributed by atoms with van der Waals surface area (Å²) in [6.45, 7) is 8.51. The van der Waals surface area contributed by atoms with E-state index in [1.807, 2.05) is 6.07 Å². The number of allylic oxidation sites excluding steroid dienone is 2. The summed E-state index contributed by atoms with van der Waals surface area (Å²) in [5, 5.41) is 0. The van der Waals surface area contributed by atoms with Crippen molar-refractivity contribution in [3.8, 4) is 11.5 Å². The number of fused-ring (bicyclic) bond motifs is 3. The average Bonchev–Trinajstić information content (AvgIpc) is 3.46. The molecule has 7 nitrogen and oxygen atoms in total. The number of ether oxygens (including phenoxy) is 2. The number of hydrogen-bond acceptors (Lipinski definition) is 5. The minimum absolute atomic E-state index is 0.138. The van der Waals surface area contributed by atoms with E-state index in [0.717, 1.165) is 55.4 Å². The zero-order chi connectivity index (χ0) is 24.0. The van der Waals surface area contributed by atoms with Gasteiger partial charge in [-0.3, -0.25) is 4.52 Å². The minimum Gasteiger partial charge on any atom is -0.487 e. The number of rotatable bonds is 8. The number of phosphoric acid groups is 1. The zero-order valence-electron chi connectivity index (χ0n) is 19.9. The Hall–Kier alpha value is -1.66. The van der Waals surface area contributed by atoms with E-state index in [-0.39, 0.29) is 30.3 Å². The van der Waals surface area contributed by atoms with Crippen LogP contribution in [0.5, 0.6) is 11.5 Å². The molecule has 0 aromatic heterocycles. The number of unbranched alkanes of at least 4 members (excludes halogenated alkanes) is 2. The molecule has 0 bridgehead atoms. The van der Waals surface area contributed by atoms with Crippen molar-refractivity contribution in [2.75, 3.05) is 0 Å². The predicted molar refractivity (Wildman–Crippen MR) is 124 cm³/mol. The van der Waals surface area contributed by atoms with Gasteiger partial charge >= 0.3 is 13.8 Å². The van der Waals surface area contributed by atoms with E-state index in [1.54, 1.807) is 0 Å². The first-order valence-corrected chi connectivity index (χ1v) is 13.5. The molecule has 0 amide bonds. The van der Waals surface area contributed by atoms with Crippen molar-refractivity contribution in [3.63, 3.8) is 0 Å². The van der Waals surface area contributed by atoms with Gasteiger partial charge < -0.3 is 19.3 Å². The van der Waals surface area contributed by atoms with Crippen molar-refractivity contribution in [1.82, 2.24) is 0 Å². The molecule has 8 heteroatoms. The van der Waals surface area contributed by atoms with Crippen LogP contribution in [0.1, 0.15) is 89.7 Å². The summed E-state index contributed by atoms with van der Waals surface area (Å²) in [6, 6.07) is 3.99. The normalized spacial score (nSPS) is 24.7. The molecule has 0 unspecified atom stereocenters. The van der Waals surface area contributed by atoms with Gasteiger partial charge in [0, 0.05) is 17.4 Å². The van der Waals surface area contributed by atoms with E-state index in [4.69, 9.17) is 14.0 Å². The number of aryl methyl sites for hydroxylation is 1. The molecule has 1 heterocycles. The topological polar surface area (TPSA) is 102 Å². The first-order valence-electron chi connectivity index (χ1n) is 11.9. The van der Waals surface area contributed by atoms with Crippen molar-refractivity contribution in [1.29, 1.82) is 0 Å². The molecule has 2 N–H and O–H groups in total. The molecule has 182 valence electrons. The van der Waals surface area contributed by atoms with E-state index in [9.17, 15) is 19.1 Å². The van der Waals surface area contributed by atoms with E-state index < -0.39 is 19.4 Å². The third kappa shape index (κ3) is 5.22. The van der Waals surface area contributed by atoms with Gasteiger partial charge in [-0.2, -0.15) is 0 Å². The SMILES string of the molecule is CCCCCc1cc(OC(=O)C2(OP(=O)(O)O)CC2)c2c(c1)OC(C)(C)[C@@H]1CC=C(C)C[C@@H]21. The Morgan fingerprint density at radius 3 is 2.61 bits per heavy atom. The molecule has 1 saturated carbocycles. The van der Waals surface area contributed by atoms with E-state index in [1.165, 1.54) is 5.57 Å². The molecule has 2 atom stereocenters. The lowest BCUT2D eigenvalue weighted by molar-refractivity contribution is -0.145. The molecule has 1 aromatic carbocycles. The van der Waals surface area contributed by atoms with E-state index in [0.29, 0.717) is 5.75 Å². The largest absolute Gasteiger partial charge is 0.487 e. The summed E-state index contributed by atoms with van der Waals surface area (Å²) in [5.41, 5.74) is 1.28. The predicted octanol–water partition coefficient (Wildman–Crippen LogP) is 5.58. The highest BCUT2D eigenvalue weighted by Gasteiger charge is 2.57. The summed E-state index contributed by atoms with van der Waals surface area (Å²) < 4.78 is 28.6. The van der Waals surface area contributed by atoms with Gasteiger partial charge in [0.25, 0.3) is 0 Å². The lowest BCUT2D eigenvalue weighted by atomic mass is 9.67. The summed E-state index contributed by atoms with van der Waals surface area (Å²) >= 11 is 0.